The molecule has 0 fully saturated rings. The van der Waals surface area contributed by atoms with Crippen molar-refractivity contribution in [3.8, 4) is 5.75 Å². The highest BCUT2D eigenvalue weighted by atomic mass is 35.5. The molecule has 0 saturated carbocycles. The number of rotatable bonds is 6. The second-order valence-corrected chi connectivity index (χ2v) is 6.24. The van der Waals surface area contributed by atoms with Crippen molar-refractivity contribution in [1.82, 2.24) is 0 Å². The zero-order valence-corrected chi connectivity index (χ0v) is 14.9. The van der Waals surface area contributed by atoms with Gasteiger partial charge < -0.3 is 15.8 Å². The first-order valence-corrected chi connectivity index (χ1v) is 8.41. The van der Waals surface area contributed by atoms with Crippen LogP contribution in [0, 0.1) is 0 Å². The number of benzene rings is 2. The van der Waals surface area contributed by atoms with Crippen LogP contribution in [0.3, 0.4) is 0 Å². The molecule has 2 atom stereocenters. The van der Waals surface area contributed by atoms with Gasteiger partial charge in [-0.3, -0.25) is 4.79 Å². The first-order chi connectivity index (χ1) is 11.4. The molecule has 0 radical (unpaired) electrons. The van der Waals surface area contributed by atoms with Crippen LogP contribution in [-0.4, -0.2) is 12.0 Å². The zero-order chi connectivity index (χ0) is 17.7. The molecule has 0 aliphatic carbocycles. The fraction of sp³-hybridized carbons (Fsp3) is 0.316. The molecule has 2 aromatic rings. The number of hydrogen-bond donors (Lipinski definition) is 2. The van der Waals surface area contributed by atoms with Crippen LogP contribution in [0.25, 0.3) is 0 Å². The third-order valence-electron chi connectivity index (χ3n) is 4.00. The average molecular weight is 347 g/mol. The molecule has 128 valence electrons. The smallest absolute Gasteiger partial charge is 0.265 e. The molecule has 0 bridgehead atoms. The van der Waals surface area contributed by atoms with Crippen molar-refractivity contribution in [3.05, 3.63) is 53.1 Å². The van der Waals surface area contributed by atoms with E-state index in [-0.39, 0.29) is 5.91 Å². The summed E-state index contributed by atoms with van der Waals surface area (Å²) >= 11 is 5.89. The van der Waals surface area contributed by atoms with Gasteiger partial charge in [0.25, 0.3) is 5.91 Å². The van der Waals surface area contributed by atoms with Crippen LogP contribution in [0.5, 0.6) is 5.75 Å². The largest absolute Gasteiger partial charge is 0.481 e. The van der Waals surface area contributed by atoms with Crippen molar-refractivity contribution in [3.63, 3.8) is 0 Å². The van der Waals surface area contributed by atoms with E-state index in [0.717, 1.165) is 17.7 Å². The number of ether oxygens (including phenoxy) is 1. The molecule has 0 aliphatic rings. The lowest BCUT2D eigenvalue weighted by Crippen LogP contribution is -2.30. The maximum atomic E-state index is 12.4. The number of halogens is 1. The van der Waals surface area contributed by atoms with Gasteiger partial charge >= 0.3 is 0 Å². The summed E-state index contributed by atoms with van der Waals surface area (Å²) in [5.74, 6) is 0.869. The van der Waals surface area contributed by atoms with E-state index in [4.69, 9.17) is 22.1 Å². The maximum Gasteiger partial charge on any atom is 0.265 e. The minimum atomic E-state index is -0.632. The molecule has 1 amide bonds. The highest BCUT2D eigenvalue weighted by Crippen LogP contribution is 2.29. The number of nitrogen functional groups attached to an aromatic ring is 1. The molecular weight excluding hydrogens is 324 g/mol. The quantitative estimate of drug-likeness (QED) is 0.735. The Labute approximate surface area is 148 Å². The lowest BCUT2D eigenvalue weighted by atomic mass is 9.98. The van der Waals surface area contributed by atoms with Crippen LogP contribution in [-0.2, 0) is 4.79 Å². The molecule has 4 nitrogen and oxygen atoms in total. The van der Waals surface area contributed by atoms with Gasteiger partial charge in [0.2, 0.25) is 0 Å². The standard InChI is InChI=1S/C19H23ClN2O2/c1-4-12(2)15-7-5-6-8-18(15)24-13(3)19(23)22-14-9-10-16(20)17(21)11-14/h5-13H,4,21H2,1-3H3,(H,22,23)/t12-,13+/m0/s1. The lowest BCUT2D eigenvalue weighted by molar-refractivity contribution is -0.122. The Balaban J connectivity index is 2.08. The van der Waals surface area contributed by atoms with Crippen LogP contribution in [0.1, 0.15) is 38.7 Å². The first kappa shape index (κ1) is 18.1. The van der Waals surface area contributed by atoms with Crippen LogP contribution < -0.4 is 15.8 Å². The molecule has 0 saturated heterocycles. The number of nitrogens with one attached hydrogen (secondary N) is 1. The van der Waals surface area contributed by atoms with Gasteiger partial charge in [-0.1, -0.05) is 43.6 Å². The van der Waals surface area contributed by atoms with E-state index in [1.807, 2.05) is 24.3 Å². The summed E-state index contributed by atoms with van der Waals surface area (Å²) in [5, 5.41) is 3.25. The number of carbonyl (C=O) groups is 1. The summed E-state index contributed by atoms with van der Waals surface area (Å²) in [7, 11) is 0. The molecule has 5 heteroatoms. The highest BCUT2D eigenvalue weighted by molar-refractivity contribution is 6.33. The Bertz CT molecular complexity index is 718. The predicted molar refractivity (Wildman–Crippen MR) is 99.7 cm³/mol. The number of para-hydroxylation sites is 1. The van der Waals surface area contributed by atoms with Crippen molar-refractivity contribution in [2.45, 2.75) is 39.2 Å². The molecule has 0 aliphatic heterocycles. The maximum absolute atomic E-state index is 12.4. The van der Waals surface area contributed by atoms with E-state index in [1.54, 1.807) is 25.1 Å². The van der Waals surface area contributed by atoms with Gasteiger partial charge in [0.15, 0.2) is 6.10 Å². The molecule has 24 heavy (non-hydrogen) atoms. The van der Waals surface area contributed by atoms with Gasteiger partial charge in [-0.15, -0.1) is 0 Å². The fourth-order valence-electron chi connectivity index (χ4n) is 2.32. The summed E-state index contributed by atoms with van der Waals surface area (Å²) in [6.45, 7) is 5.99. The van der Waals surface area contributed by atoms with E-state index < -0.39 is 6.10 Å². The summed E-state index contributed by atoms with van der Waals surface area (Å²) in [6, 6.07) is 12.8. The monoisotopic (exact) mass is 346 g/mol. The van der Waals surface area contributed by atoms with Crippen molar-refractivity contribution in [2.24, 2.45) is 0 Å². The second kappa shape index (κ2) is 8.06. The van der Waals surface area contributed by atoms with E-state index in [9.17, 15) is 4.79 Å². The third kappa shape index (κ3) is 4.42. The second-order valence-electron chi connectivity index (χ2n) is 5.83. The van der Waals surface area contributed by atoms with Crippen molar-refractivity contribution in [1.29, 1.82) is 0 Å². The predicted octanol–water partition coefficient (Wildman–Crippen LogP) is 4.84. The molecule has 0 unspecified atom stereocenters. The normalized spacial score (nSPS) is 13.2. The Morgan fingerprint density at radius 3 is 2.62 bits per heavy atom. The number of carbonyl (C=O) groups excluding carboxylic acids is 1. The fourth-order valence-corrected chi connectivity index (χ4v) is 2.44. The van der Waals surface area contributed by atoms with Crippen LogP contribution in [0.15, 0.2) is 42.5 Å². The average Bonchev–Trinajstić information content (AvgIpc) is 2.58. The Morgan fingerprint density at radius 1 is 1.25 bits per heavy atom. The van der Waals surface area contributed by atoms with Gasteiger partial charge in [0.1, 0.15) is 5.75 Å². The van der Waals surface area contributed by atoms with E-state index in [0.29, 0.717) is 22.3 Å². The summed E-state index contributed by atoms with van der Waals surface area (Å²) in [4.78, 5) is 12.4. The molecule has 0 aromatic heterocycles. The van der Waals surface area contributed by atoms with Gasteiger partial charge in [0.05, 0.1) is 10.7 Å². The molecule has 0 heterocycles. The van der Waals surface area contributed by atoms with Crippen LogP contribution in [0.4, 0.5) is 11.4 Å². The van der Waals surface area contributed by atoms with Gasteiger partial charge in [-0.05, 0) is 49.1 Å². The van der Waals surface area contributed by atoms with Gasteiger partial charge in [-0.2, -0.15) is 0 Å². The third-order valence-corrected chi connectivity index (χ3v) is 4.34. The summed E-state index contributed by atoms with van der Waals surface area (Å²) < 4.78 is 5.89. The van der Waals surface area contributed by atoms with Crippen molar-refractivity contribution in [2.75, 3.05) is 11.1 Å². The Morgan fingerprint density at radius 2 is 1.96 bits per heavy atom. The minimum absolute atomic E-state index is 0.240. The van der Waals surface area contributed by atoms with Crippen molar-refractivity contribution >= 4 is 28.9 Å². The number of anilines is 2. The number of nitrogens with two attached hydrogens (primary N) is 1. The molecule has 3 N–H and O–H groups in total. The molecule has 2 aromatic carbocycles. The Hall–Kier alpha value is -2.20. The summed E-state index contributed by atoms with van der Waals surface area (Å²) in [5.41, 5.74) is 7.87. The first-order valence-electron chi connectivity index (χ1n) is 8.03. The zero-order valence-electron chi connectivity index (χ0n) is 14.2. The van der Waals surface area contributed by atoms with Crippen LogP contribution >= 0.6 is 11.6 Å². The Kier molecular flexibility index (Phi) is 6.10. The highest BCUT2D eigenvalue weighted by Gasteiger charge is 2.18. The van der Waals surface area contributed by atoms with Gasteiger partial charge in [0, 0.05) is 5.69 Å². The van der Waals surface area contributed by atoms with E-state index in [1.165, 1.54) is 0 Å². The molecule has 2 rings (SSSR count). The van der Waals surface area contributed by atoms with E-state index >= 15 is 0 Å². The minimum Gasteiger partial charge on any atom is -0.481 e. The number of amides is 1. The summed E-state index contributed by atoms with van der Waals surface area (Å²) in [6.07, 6.45) is 0.373. The van der Waals surface area contributed by atoms with Crippen molar-refractivity contribution < 1.29 is 9.53 Å². The van der Waals surface area contributed by atoms with Crippen LogP contribution in [0.2, 0.25) is 5.02 Å². The van der Waals surface area contributed by atoms with E-state index in [2.05, 4.69) is 19.2 Å². The lowest BCUT2D eigenvalue weighted by Gasteiger charge is -2.19. The molecular formula is C19H23ClN2O2. The SMILES string of the molecule is CC[C@H](C)c1ccccc1O[C@H](C)C(=O)Nc1ccc(Cl)c(N)c1. The molecule has 0 spiro atoms. The number of hydrogen-bond acceptors (Lipinski definition) is 3. The topological polar surface area (TPSA) is 64.3 Å². The van der Waals surface area contributed by atoms with Gasteiger partial charge in [-0.25, -0.2) is 0 Å².